The predicted molar refractivity (Wildman–Crippen MR) is 69.4 cm³/mol. The quantitative estimate of drug-likeness (QED) is 0.472. The Labute approximate surface area is 95.4 Å². The van der Waals surface area contributed by atoms with Crippen molar-refractivity contribution in [3.8, 4) is 0 Å². The average Bonchev–Trinajstić information content (AvgIpc) is 2.79. The molecule has 0 aromatic heterocycles. The monoisotopic (exact) mass is 224 g/mol. The van der Waals surface area contributed by atoms with Gasteiger partial charge in [-0.25, -0.2) is 0 Å². The lowest BCUT2D eigenvalue weighted by Gasteiger charge is -2.30. The Morgan fingerprint density at radius 3 is 2.33 bits per heavy atom. The van der Waals surface area contributed by atoms with Crippen LogP contribution in [-0.4, -0.2) is 8.32 Å². The Hall–Kier alpha value is -0.503. The van der Waals surface area contributed by atoms with Crippen LogP contribution in [0.3, 0.4) is 0 Å². The van der Waals surface area contributed by atoms with Gasteiger partial charge in [-0.05, 0) is 43.0 Å². The summed E-state index contributed by atoms with van der Waals surface area (Å²) in [4.78, 5) is 0. The third-order valence-corrected chi connectivity index (χ3v) is 8.22. The van der Waals surface area contributed by atoms with Gasteiger partial charge in [-0.15, -0.1) is 0 Å². The highest BCUT2D eigenvalue weighted by atomic mass is 28.4. The van der Waals surface area contributed by atoms with Crippen LogP contribution in [0.5, 0.6) is 0 Å². The van der Waals surface area contributed by atoms with E-state index in [0.717, 1.165) is 5.76 Å². The summed E-state index contributed by atoms with van der Waals surface area (Å²) in [7, 11) is -1.49. The lowest BCUT2D eigenvalue weighted by atomic mass is 10.2. The molecule has 15 heavy (non-hydrogen) atoms. The van der Waals surface area contributed by atoms with Gasteiger partial charge in [0.25, 0.3) is 0 Å². The molecule has 0 saturated carbocycles. The summed E-state index contributed by atoms with van der Waals surface area (Å²) in [5.74, 6) is 0.977. The second kappa shape index (κ2) is 5.55. The maximum atomic E-state index is 6.25. The highest BCUT2D eigenvalue weighted by Gasteiger charge is 2.31. The van der Waals surface area contributed by atoms with E-state index in [1.807, 2.05) is 0 Å². The Morgan fingerprint density at radius 2 is 1.93 bits per heavy atom. The molecule has 0 fully saturated rings. The lowest BCUT2D eigenvalue weighted by Crippen LogP contribution is -2.35. The van der Waals surface area contributed by atoms with Crippen LogP contribution in [0.15, 0.2) is 24.0 Å². The van der Waals surface area contributed by atoms with E-state index < -0.39 is 8.32 Å². The summed E-state index contributed by atoms with van der Waals surface area (Å²) >= 11 is 0. The van der Waals surface area contributed by atoms with E-state index in [2.05, 4.69) is 33.4 Å². The van der Waals surface area contributed by atoms with E-state index in [-0.39, 0.29) is 0 Å². The van der Waals surface area contributed by atoms with Crippen LogP contribution in [0, 0.1) is 0 Å². The molecule has 1 nitrogen and oxygen atoms in total. The van der Waals surface area contributed by atoms with Gasteiger partial charge in [-0.2, -0.15) is 0 Å². The third kappa shape index (κ3) is 2.97. The van der Waals surface area contributed by atoms with Crippen LogP contribution >= 0.6 is 0 Å². The van der Waals surface area contributed by atoms with E-state index in [0.29, 0.717) is 0 Å². The van der Waals surface area contributed by atoms with Crippen molar-refractivity contribution in [2.24, 2.45) is 0 Å². The Balaban J connectivity index is 2.61. The number of hydrogen-bond donors (Lipinski definition) is 0. The minimum Gasteiger partial charge on any atom is -0.544 e. The topological polar surface area (TPSA) is 9.23 Å². The van der Waals surface area contributed by atoms with Crippen molar-refractivity contribution in [3.63, 3.8) is 0 Å². The van der Waals surface area contributed by atoms with Gasteiger partial charge in [0.05, 0.1) is 5.76 Å². The largest absolute Gasteiger partial charge is 0.544 e. The van der Waals surface area contributed by atoms with Gasteiger partial charge in [0.2, 0.25) is 8.32 Å². The first-order valence-electron chi connectivity index (χ1n) is 6.24. The first kappa shape index (κ1) is 12.6. The lowest BCUT2D eigenvalue weighted by molar-refractivity contribution is 0.415. The van der Waals surface area contributed by atoms with Crippen LogP contribution in [-0.2, 0) is 4.43 Å². The molecule has 0 heterocycles. The van der Waals surface area contributed by atoms with Gasteiger partial charge in [0.15, 0.2) is 0 Å². The highest BCUT2D eigenvalue weighted by molar-refractivity contribution is 6.73. The maximum absolute atomic E-state index is 6.25. The number of hydrogen-bond acceptors (Lipinski definition) is 1. The van der Waals surface area contributed by atoms with Gasteiger partial charge < -0.3 is 4.43 Å². The molecule has 0 radical (unpaired) electrons. The molecular formula is C13H24OSi. The summed E-state index contributed by atoms with van der Waals surface area (Å²) in [5, 5.41) is 0. The van der Waals surface area contributed by atoms with Gasteiger partial charge >= 0.3 is 0 Å². The van der Waals surface area contributed by atoms with Gasteiger partial charge in [-0.3, -0.25) is 0 Å². The smallest absolute Gasteiger partial charge is 0.250 e. The molecule has 1 aliphatic rings. The van der Waals surface area contributed by atoms with E-state index in [1.165, 1.54) is 43.0 Å². The minimum absolute atomic E-state index is 0.977. The summed E-state index contributed by atoms with van der Waals surface area (Å²) in [5.41, 5.74) is 1.36. The molecule has 0 aromatic rings. The number of rotatable bonds is 6. The summed E-state index contributed by atoms with van der Waals surface area (Å²) in [6.07, 6.45) is 5.94. The van der Waals surface area contributed by atoms with E-state index >= 15 is 0 Å². The molecule has 0 amide bonds. The van der Waals surface area contributed by atoms with Crippen molar-refractivity contribution < 1.29 is 4.43 Å². The molecule has 0 atom stereocenters. The second-order valence-electron chi connectivity index (χ2n) is 4.39. The first-order chi connectivity index (χ1) is 7.17. The molecule has 2 heteroatoms. The van der Waals surface area contributed by atoms with Crippen molar-refractivity contribution >= 4 is 8.32 Å². The van der Waals surface area contributed by atoms with Crippen molar-refractivity contribution in [1.82, 2.24) is 0 Å². The van der Waals surface area contributed by atoms with Crippen molar-refractivity contribution in [3.05, 3.63) is 24.0 Å². The molecule has 0 saturated heterocycles. The molecular weight excluding hydrogens is 200 g/mol. The summed E-state index contributed by atoms with van der Waals surface area (Å²) in [6.45, 7) is 10.9. The molecule has 0 bridgehead atoms. The van der Waals surface area contributed by atoms with E-state index in [9.17, 15) is 0 Å². The van der Waals surface area contributed by atoms with Crippen LogP contribution in [0.4, 0.5) is 0 Å². The van der Waals surface area contributed by atoms with Crippen molar-refractivity contribution in [2.45, 2.75) is 58.2 Å². The molecule has 1 rings (SSSR count). The van der Waals surface area contributed by atoms with Crippen LogP contribution < -0.4 is 0 Å². The van der Waals surface area contributed by atoms with E-state index in [1.54, 1.807) is 0 Å². The summed E-state index contributed by atoms with van der Waals surface area (Å²) < 4.78 is 6.25. The van der Waals surface area contributed by atoms with Crippen molar-refractivity contribution in [1.29, 1.82) is 0 Å². The standard InChI is InChI=1S/C13H24OSi/c1-5-15(6-2,7-3)14-12(4)13-10-8-9-11-13/h10H,4-9,11H2,1-3H3. The normalized spacial score (nSPS) is 16.3. The van der Waals surface area contributed by atoms with Crippen LogP contribution in [0.25, 0.3) is 0 Å². The predicted octanol–water partition coefficient (Wildman–Crippen LogP) is 4.63. The zero-order chi connectivity index (χ0) is 11.3. The first-order valence-corrected chi connectivity index (χ1v) is 8.77. The Bertz CT molecular complexity index is 243. The molecule has 1 aliphatic carbocycles. The van der Waals surface area contributed by atoms with Crippen LogP contribution in [0.2, 0.25) is 18.1 Å². The fourth-order valence-corrected chi connectivity index (χ4v) is 4.80. The average molecular weight is 224 g/mol. The molecule has 86 valence electrons. The Morgan fingerprint density at radius 1 is 1.33 bits per heavy atom. The van der Waals surface area contributed by atoms with E-state index in [4.69, 9.17) is 4.43 Å². The molecule has 0 aromatic carbocycles. The highest BCUT2D eigenvalue weighted by Crippen LogP contribution is 2.30. The summed E-state index contributed by atoms with van der Waals surface area (Å²) in [6, 6.07) is 3.60. The zero-order valence-corrected chi connectivity index (χ0v) is 11.4. The fourth-order valence-electron chi connectivity index (χ4n) is 2.22. The van der Waals surface area contributed by atoms with Crippen molar-refractivity contribution in [2.75, 3.05) is 0 Å². The fraction of sp³-hybridized carbons (Fsp3) is 0.692. The second-order valence-corrected chi connectivity index (χ2v) is 9.08. The maximum Gasteiger partial charge on any atom is 0.250 e. The van der Waals surface area contributed by atoms with Gasteiger partial charge in [0.1, 0.15) is 0 Å². The third-order valence-electron chi connectivity index (χ3n) is 3.67. The minimum atomic E-state index is -1.49. The van der Waals surface area contributed by atoms with Gasteiger partial charge in [0, 0.05) is 0 Å². The molecule has 0 spiro atoms. The van der Waals surface area contributed by atoms with Crippen LogP contribution in [0.1, 0.15) is 40.0 Å². The molecule has 0 unspecified atom stereocenters. The SMILES string of the molecule is C=C(O[Si](CC)(CC)CC)C1=CCCC1. The number of allylic oxidation sites excluding steroid dienone is 2. The molecule has 0 aliphatic heterocycles. The Kier molecular flexibility index (Phi) is 4.65. The van der Waals surface area contributed by atoms with Gasteiger partial charge in [-0.1, -0.05) is 33.4 Å². The zero-order valence-electron chi connectivity index (χ0n) is 10.4. The molecule has 0 N–H and O–H groups in total.